The maximum absolute atomic E-state index is 6.02. The number of nitrogens with one attached hydrogen (secondary N) is 1. The molecule has 1 aromatic carbocycles. The number of anilines is 1. The smallest absolute Gasteiger partial charge is 0.0426 e. The molecule has 94 valence electrons. The van der Waals surface area contributed by atoms with Crippen LogP contribution in [0.1, 0.15) is 0 Å². The first-order valence-corrected chi connectivity index (χ1v) is 6.55. The molecular weight excluding hydrogens is 234 g/mol. The van der Waals surface area contributed by atoms with Gasteiger partial charge in [0.25, 0.3) is 0 Å². The second kappa shape index (κ2) is 6.24. The molecule has 1 saturated heterocycles. The van der Waals surface area contributed by atoms with Crippen LogP contribution in [-0.4, -0.2) is 51.2 Å². The normalized spacial score (nSPS) is 17.4. The van der Waals surface area contributed by atoms with Gasteiger partial charge in [-0.3, -0.25) is 4.90 Å². The lowest BCUT2D eigenvalue weighted by molar-refractivity contribution is 0.260. The highest BCUT2D eigenvalue weighted by Gasteiger charge is 2.16. The van der Waals surface area contributed by atoms with Crippen LogP contribution in [0.25, 0.3) is 0 Å². The van der Waals surface area contributed by atoms with E-state index in [1.54, 1.807) is 0 Å². The molecule has 0 radical (unpaired) electrons. The first-order chi connectivity index (χ1) is 8.29. The summed E-state index contributed by atoms with van der Waals surface area (Å²) in [6.45, 7) is 6.65. The molecule has 0 atom stereocenters. The molecule has 3 nitrogen and oxygen atoms in total. The number of hydrogen-bond acceptors (Lipinski definition) is 3. The molecule has 0 saturated carbocycles. The molecule has 1 N–H and O–H groups in total. The van der Waals surface area contributed by atoms with E-state index >= 15 is 0 Å². The third-order valence-electron chi connectivity index (χ3n) is 3.22. The minimum atomic E-state index is 0.820. The van der Waals surface area contributed by atoms with Crippen molar-refractivity contribution in [2.75, 3.05) is 51.2 Å². The van der Waals surface area contributed by atoms with Crippen molar-refractivity contribution in [1.29, 1.82) is 0 Å². The van der Waals surface area contributed by atoms with E-state index in [9.17, 15) is 0 Å². The van der Waals surface area contributed by atoms with Crippen molar-refractivity contribution in [2.45, 2.75) is 0 Å². The van der Waals surface area contributed by atoms with Crippen LogP contribution in [0.4, 0.5) is 5.69 Å². The summed E-state index contributed by atoms with van der Waals surface area (Å²) in [4.78, 5) is 4.90. The van der Waals surface area contributed by atoms with Crippen LogP contribution in [-0.2, 0) is 0 Å². The van der Waals surface area contributed by atoms with Crippen molar-refractivity contribution in [3.63, 3.8) is 0 Å². The number of nitrogens with zero attached hydrogens (tertiary/aromatic N) is 2. The van der Waals surface area contributed by atoms with Gasteiger partial charge in [0.1, 0.15) is 0 Å². The summed E-state index contributed by atoms with van der Waals surface area (Å²) in [6, 6.07) is 8.12. The number of likely N-dealkylation sites (N-methyl/N-ethyl adjacent to an activating group) is 1. The van der Waals surface area contributed by atoms with Crippen molar-refractivity contribution in [3.05, 3.63) is 29.3 Å². The molecule has 2 rings (SSSR count). The van der Waals surface area contributed by atoms with Crippen molar-refractivity contribution in [1.82, 2.24) is 10.2 Å². The predicted molar refractivity (Wildman–Crippen MR) is 74.0 cm³/mol. The van der Waals surface area contributed by atoms with Gasteiger partial charge in [-0.15, -0.1) is 0 Å². The fourth-order valence-electron chi connectivity index (χ4n) is 2.17. The maximum atomic E-state index is 6.02. The Hall–Kier alpha value is -0.770. The van der Waals surface area contributed by atoms with E-state index < -0.39 is 0 Å². The Kier molecular flexibility index (Phi) is 4.66. The van der Waals surface area contributed by atoms with Crippen LogP contribution in [0.2, 0.25) is 5.02 Å². The molecule has 1 aromatic rings. The van der Waals surface area contributed by atoms with Crippen molar-refractivity contribution in [2.24, 2.45) is 0 Å². The molecule has 0 bridgehead atoms. The lowest BCUT2D eigenvalue weighted by atomic mass is 10.2. The van der Waals surface area contributed by atoms with E-state index in [1.165, 1.54) is 5.69 Å². The Morgan fingerprint density at radius 2 is 2.00 bits per heavy atom. The first kappa shape index (κ1) is 12.7. The molecule has 0 amide bonds. The van der Waals surface area contributed by atoms with Crippen LogP contribution >= 0.6 is 11.6 Å². The molecule has 1 aliphatic rings. The zero-order valence-electron chi connectivity index (χ0n) is 10.3. The Morgan fingerprint density at radius 1 is 1.24 bits per heavy atom. The standard InChI is InChI=1S/C13H20ClN3/c1-15-5-6-16-7-9-17(10-8-16)13-4-2-3-12(14)11-13/h2-4,11,15H,5-10H2,1H3. The molecule has 0 unspecified atom stereocenters. The molecule has 0 spiro atoms. The van der Waals surface area contributed by atoms with Gasteiger partial charge in [-0.25, -0.2) is 0 Å². The molecule has 1 fully saturated rings. The molecule has 1 heterocycles. The molecule has 4 heteroatoms. The maximum Gasteiger partial charge on any atom is 0.0426 e. The monoisotopic (exact) mass is 253 g/mol. The number of halogens is 1. The average molecular weight is 254 g/mol. The van der Waals surface area contributed by atoms with Crippen molar-refractivity contribution < 1.29 is 0 Å². The minimum Gasteiger partial charge on any atom is -0.369 e. The van der Waals surface area contributed by atoms with Crippen LogP contribution in [0.5, 0.6) is 0 Å². The van der Waals surface area contributed by atoms with Crippen molar-refractivity contribution in [3.8, 4) is 0 Å². The Labute approximate surface area is 108 Å². The molecule has 0 aliphatic carbocycles. The molecule has 17 heavy (non-hydrogen) atoms. The van der Waals surface area contributed by atoms with E-state index in [0.717, 1.165) is 44.3 Å². The SMILES string of the molecule is CNCCN1CCN(c2cccc(Cl)c2)CC1. The van der Waals surface area contributed by atoms with Gasteiger partial charge < -0.3 is 10.2 Å². The van der Waals surface area contributed by atoms with E-state index in [1.807, 2.05) is 25.2 Å². The fourth-order valence-corrected chi connectivity index (χ4v) is 2.36. The van der Waals surface area contributed by atoms with E-state index in [4.69, 9.17) is 11.6 Å². The lowest BCUT2D eigenvalue weighted by Gasteiger charge is -2.36. The van der Waals surface area contributed by atoms with Gasteiger partial charge in [0, 0.05) is 50.0 Å². The summed E-state index contributed by atoms with van der Waals surface area (Å²) >= 11 is 6.02. The summed E-state index contributed by atoms with van der Waals surface area (Å²) in [7, 11) is 2.00. The number of rotatable bonds is 4. The molecule has 0 aromatic heterocycles. The van der Waals surface area contributed by atoms with E-state index in [0.29, 0.717) is 0 Å². The van der Waals surface area contributed by atoms with Gasteiger partial charge in [0.15, 0.2) is 0 Å². The largest absolute Gasteiger partial charge is 0.369 e. The Morgan fingerprint density at radius 3 is 2.65 bits per heavy atom. The topological polar surface area (TPSA) is 18.5 Å². The van der Waals surface area contributed by atoms with E-state index in [-0.39, 0.29) is 0 Å². The van der Waals surface area contributed by atoms with Gasteiger partial charge in [-0.2, -0.15) is 0 Å². The zero-order chi connectivity index (χ0) is 12.1. The van der Waals surface area contributed by atoms with Crippen LogP contribution in [0.3, 0.4) is 0 Å². The van der Waals surface area contributed by atoms with Crippen LogP contribution in [0.15, 0.2) is 24.3 Å². The van der Waals surface area contributed by atoms with Crippen LogP contribution < -0.4 is 10.2 Å². The zero-order valence-corrected chi connectivity index (χ0v) is 11.1. The molecular formula is C13H20ClN3. The Balaban J connectivity index is 1.86. The summed E-state index contributed by atoms with van der Waals surface area (Å²) in [5.74, 6) is 0. The molecule has 1 aliphatic heterocycles. The predicted octanol–water partition coefficient (Wildman–Crippen LogP) is 1.68. The quantitative estimate of drug-likeness (QED) is 0.881. The summed E-state index contributed by atoms with van der Waals surface area (Å²) < 4.78 is 0. The highest BCUT2D eigenvalue weighted by Crippen LogP contribution is 2.20. The summed E-state index contributed by atoms with van der Waals surface area (Å²) in [6.07, 6.45) is 0. The highest BCUT2D eigenvalue weighted by molar-refractivity contribution is 6.30. The highest BCUT2D eigenvalue weighted by atomic mass is 35.5. The van der Waals surface area contributed by atoms with E-state index in [2.05, 4.69) is 21.2 Å². The first-order valence-electron chi connectivity index (χ1n) is 6.17. The van der Waals surface area contributed by atoms with Gasteiger partial charge in [-0.1, -0.05) is 17.7 Å². The van der Waals surface area contributed by atoms with Gasteiger partial charge >= 0.3 is 0 Å². The number of piperazine rings is 1. The second-order valence-corrected chi connectivity index (χ2v) is 4.85. The number of hydrogen-bond donors (Lipinski definition) is 1. The summed E-state index contributed by atoms with van der Waals surface area (Å²) in [5.41, 5.74) is 1.24. The average Bonchev–Trinajstić information content (AvgIpc) is 2.37. The fraction of sp³-hybridized carbons (Fsp3) is 0.538. The second-order valence-electron chi connectivity index (χ2n) is 4.41. The third-order valence-corrected chi connectivity index (χ3v) is 3.46. The number of benzene rings is 1. The van der Waals surface area contributed by atoms with Gasteiger partial charge in [-0.05, 0) is 25.2 Å². The van der Waals surface area contributed by atoms with Gasteiger partial charge in [0.2, 0.25) is 0 Å². The van der Waals surface area contributed by atoms with Crippen LogP contribution in [0, 0.1) is 0 Å². The summed E-state index contributed by atoms with van der Waals surface area (Å²) in [5, 5.41) is 4.01. The van der Waals surface area contributed by atoms with Gasteiger partial charge in [0.05, 0.1) is 0 Å². The van der Waals surface area contributed by atoms with Crippen molar-refractivity contribution >= 4 is 17.3 Å². The lowest BCUT2D eigenvalue weighted by Crippen LogP contribution is -2.48. The minimum absolute atomic E-state index is 0.820. The Bertz CT molecular complexity index is 348. The third kappa shape index (κ3) is 3.60.